The molecule has 2 saturated heterocycles. The van der Waals surface area contributed by atoms with E-state index in [0.717, 1.165) is 19.4 Å². The van der Waals surface area contributed by atoms with Crippen molar-refractivity contribution in [2.24, 2.45) is 5.92 Å². The number of carbonyl (C=O) groups is 1. The Bertz CT molecular complexity index is 259. The second kappa shape index (κ2) is 5.76. The van der Waals surface area contributed by atoms with Crippen molar-refractivity contribution in [2.45, 2.75) is 32.1 Å². The Kier molecular flexibility index (Phi) is 4.31. The molecule has 1 amide bonds. The molecule has 3 nitrogen and oxygen atoms in total. The number of hydrogen-bond acceptors (Lipinski definition) is 2. The van der Waals surface area contributed by atoms with E-state index in [1.807, 2.05) is 0 Å². The first-order valence-corrected chi connectivity index (χ1v) is 6.46. The second-order valence-corrected chi connectivity index (χ2v) is 5.08. The Hall–Kier alpha value is -0.710. The minimum atomic E-state index is -2.84. The molecule has 5 heteroatoms. The fraction of sp³-hybridized carbons (Fsp3) is 0.917. The normalized spacial score (nSPS) is 23.6. The number of nitrogens with zero attached hydrogens (tertiary/aromatic N) is 2. The quantitative estimate of drug-likeness (QED) is 0.755. The number of amides is 1. The van der Waals surface area contributed by atoms with E-state index in [0.29, 0.717) is 19.0 Å². The SMILES string of the molecule is O=C(C(F)F)N1CCC(CN2CCCC2)CC1. The Morgan fingerprint density at radius 1 is 1.12 bits per heavy atom. The average molecular weight is 246 g/mol. The molecular weight excluding hydrogens is 226 g/mol. The molecule has 0 spiro atoms. The predicted molar refractivity (Wildman–Crippen MR) is 61.0 cm³/mol. The van der Waals surface area contributed by atoms with Gasteiger partial charge in [0, 0.05) is 19.6 Å². The van der Waals surface area contributed by atoms with Crippen LogP contribution < -0.4 is 0 Å². The lowest BCUT2D eigenvalue weighted by Crippen LogP contribution is -2.43. The maximum absolute atomic E-state index is 12.2. The topological polar surface area (TPSA) is 23.6 Å². The highest BCUT2D eigenvalue weighted by molar-refractivity contribution is 5.79. The predicted octanol–water partition coefficient (Wildman–Crippen LogP) is 1.59. The molecule has 98 valence electrons. The number of likely N-dealkylation sites (tertiary alicyclic amines) is 2. The van der Waals surface area contributed by atoms with Gasteiger partial charge in [0.2, 0.25) is 0 Å². The molecule has 2 aliphatic heterocycles. The smallest absolute Gasteiger partial charge is 0.315 e. The van der Waals surface area contributed by atoms with E-state index in [4.69, 9.17) is 0 Å². The van der Waals surface area contributed by atoms with Crippen LogP contribution >= 0.6 is 0 Å². The molecule has 0 unspecified atom stereocenters. The molecule has 0 aromatic rings. The van der Waals surface area contributed by atoms with Gasteiger partial charge in [-0.1, -0.05) is 0 Å². The molecule has 0 aromatic heterocycles. The van der Waals surface area contributed by atoms with E-state index < -0.39 is 12.3 Å². The number of halogens is 2. The largest absolute Gasteiger partial charge is 0.338 e. The number of piperidine rings is 1. The van der Waals surface area contributed by atoms with Gasteiger partial charge in [-0.2, -0.15) is 8.78 Å². The molecule has 0 saturated carbocycles. The average Bonchev–Trinajstić information content (AvgIpc) is 2.82. The summed E-state index contributed by atoms with van der Waals surface area (Å²) in [5, 5.41) is 0. The maximum atomic E-state index is 12.2. The lowest BCUT2D eigenvalue weighted by atomic mass is 9.96. The molecule has 0 atom stereocenters. The molecule has 17 heavy (non-hydrogen) atoms. The Morgan fingerprint density at radius 3 is 2.24 bits per heavy atom. The van der Waals surface area contributed by atoms with Gasteiger partial charge in [-0.3, -0.25) is 4.79 Å². The third kappa shape index (κ3) is 3.37. The molecule has 2 rings (SSSR count). The van der Waals surface area contributed by atoms with Gasteiger partial charge in [-0.05, 0) is 44.7 Å². The van der Waals surface area contributed by atoms with Crippen molar-refractivity contribution in [3.63, 3.8) is 0 Å². The van der Waals surface area contributed by atoms with Crippen molar-refractivity contribution in [3.8, 4) is 0 Å². The van der Waals surface area contributed by atoms with Crippen LogP contribution in [0.3, 0.4) is 0 Å². The number of hydrogen-bond donors (Lipinski definition) is 0. The third-order valence-corrected chi connectivity index (χ3v) is 3.83. The van der Waals surface area contributed by atoms with Crippen LogP contribution in [0, 0.1) is 5.92 Å². The van der Waals surface area contributed by atoms with Gasteiger partial charge < -0.3 is 9.80 Å². The van der Waals surface area contributed by atoms with Crippen LogP contribution in [0.1, 0.15) is 25.7 Å². The zero-order chi connectivity index (χ0) is 12.3. The van der Waals surface area contributed by atoms with Crippen molar-refractivity contribution in [2.75, 3.05) is 32.7 Å². The van der Waals surface area contributed by atoms with Gasteiger partial charge in [-0.15, -0.1) is 0 Å². The van der Waals surface area contributed by atoms with Crippen molar-refractivity contribution in [1.29, 1.82) is 0 Å². The summed E-state index contributed by atoms with van der Waals surface area (Å²) in [7, 11) is 0. The second-order valence-electron chi connectivity index (χ2n) is 5.08. The fourth-order valence-corrected chi connectivity index (χ4v) is 2.80. The van der Waals surface area contributed by atoms with Crippen molar-refractivity contribution >= 4 is 5.91 Å². The molecule has 0 N–H and O–H groups in total. The van der Waals surface area contributed by atoms with E-state index in [-0.39, 0.29) is 0 Å². The maximum Gasteiger partial charge on any atom is 0.315 e. The Balaban J connectivity index is 1.72. The van der Waals surface area contributed by atoms with E-state index in [1.54, 1.807) is 0 Å². The van der Waals surface area contributed by atoms with Gasteiger partial charge in [-0.25, -0.2) is 0 Å². The summed E-state index contributed by atoms with van der Waals surface area (Å²) in [6, 6.07) is 0. The van der Waals surface area contributed by atoms with Gasteiger partial charge in [0.1, 0.15) is 0 Å². The van der Waals surface area contributed by atoms with Crippen LogP contribution in [0.25, 0.3) is 0 Å². The van der Waals surface area contributed by atoms with Gasteiger partial charge in [0.05, 0.1) is 0 Å². The van der Waals surface area contributed by atoms with Crippen LogP contribution in [0.15, 0.2) is 0 Å². The molecular formula is C12H20F2N2O. The Morgan fingerprint density at radius 2 is 1.71 bits per heavy atom. The summed E-state index contributed by atoms with van der Waals surface area (Å²) < 4.78 is 24.5. The summed E-state index contributed by atoms with van der Waals surface area (Å²) >= 11 is 0. The lowest BCUT2D eigenvalue weighted by Gasteiger charge is -2.33. The summed E-state index contributed by atoms with van der Waals surface area (Å²) in [5.74, 6) is -0.417. The number of rotatable bonds is 3. The van der Waals surface area contributed by atoms with E-state index >= 15 is 0 Å². The van der Waals surface area contributed by atoms with E-state index in [9.17, 15) is 13.6 Å². The monoisotopic (exact) mass is 246 g/mol. The lowest BCUT2D eigenvalue weighted by molar-refractivity contribution is -0.144. The standard InChI is InChI=1S/C12H20F2N2O/c13-11(14)12(17)16-7-3-10(4-8-16)9-15-5-1-2-6-15/h10-11H,1-9H2. The first-order valence-electron chi connectivity index (χ1n) is 6.46. The van der Waals surface area contributed by atoms with Crippen LogP contribution in [0.4, 0.5) is 8.78 Å². The molecule has 2 fully saturated rings. The fourth-order valence-electron chi connectivity index (χ4n) is 2.80. The van der Waals surface area contributed by atoms with E-state index in [1.165, 1.54) is 30.8 Å². The highest BCUT2D eigenvalue weighted by Gasteiger charge is 2.28. The molecule has 0 aromatic carbocycles. The van der Waals surface area contributed by atoms with Gasteiger partial charge in [0.15, 0.2) is 0 Å². The van der Waals surface area contributed by atoms with Gasteiger partial charge >= 0.3 is 6.43 Å². The van der Waals surface area contributed by atoms with Crippen LogP contribution in [0.5, 0.6) is 0 Å². The minimum absolute atomic E-state index is 0.502. The molecule has 2 heterocycles. The summed E-state index contributed by atoms with van der Waals surface area (Å²) in [5.41, 5.74) is 0. The Labute approximate surface area is 101 Å². The first-order chi connectivity index (χ1) is 8.16. The molecule has 0 aliphatic carbocycles. The first kappa shape index (κ1) is 12.7. The third-order valence-electron chi connectivity index (χ3n) is 3.83. The molecule has 0 bridgehead atoms. The summed E-state index contributed by atoms with van der Waals surface area (Å²) in [6.45, 7) is 4.44. The number of carbonyl (C=O) groups excluding carboxylic acids is 1. The molecule has 2 aliphatic rings. The minimum Gasteiger partial charge on any atom is -0.338 e. The van der Waals surface area contributed by atoms with Crippen molar-refractivity contribution in [1.82, 2.24) is 9.80 Å². The zero-order valence-corrected chi connectivity index (χ0v) is 10.1. The zero-order valence-electron chi connectivity index (χ0n) is 10.1. The highest BCUT2D eigenvalue weighted by atomic mass is 19.3. The number of alkyl halides is 2. The molecule has 0 radical (unpaired) electrons. The van der Waals surface area contributed by atoms with Crippen LogP contribution in [-0.2, 0) is 4.79 Å². The van der Waals surface area contributed by atoms with Crippen LogP contribution in [0.2, 0.25) is 0 Å². The van der Waals surface area contributed by atoms with Crippen LogP contribution in [-0.4, -0.2) is 54.9 Å². The summed E-state index contributed by atoms with van der Waals surface area (Å²) in [4.78, 5) is 14.9. The van der Waals surface area contributed by atoms with Crippen molar-refractivity contribution in [3.05, 3.63) is 0 Å². The van der Waals surface area contributed by atoms with E-state index in [2.05, 4.69) is 4.90 Å². The highest BCUT2D eigenvalue weighted by Crippen LogP contribution is 2.21. The summed E-state index contributed by atoms with van der Waals surface area (Å²) in [6.07, 6.45) is 1.46. The van der Waals surface area contributed by atoms with Gasteiger partial charge in [0.25, 0.3) is 5.91 Å². The van der Waals surface area contributed by atoms with Crippen molar-refractivity contribution < 1.29 is 13.6 Å².